The summed E-state index contributed by atoms with van der Waals surface area (Å²) in [7, 11) is -3.37. The highest BCUT2D eigenvalue weighted by atomic mass is 35.5. The van der Waals surface area contributed by atoms with Gasteiger partial charge in [-0.05, 0) is 23.6 Å². The molecule has 0 saturated carbocycles. The maximum atomic E-state index is 12.6. The van der Waals surface area contributed by atoms with Gasteiger partial charge in [-0.25, -0.2) is 13.4 Å². The van der Waals surface area contributed by atoms with Gasteiger partial charge in [-0.1, -0.05) is 29.8 Å². The normalized spacial score (nSPS) is 16.1. The van der Waals surface area contributed by atoms with Crippen molar-refractivity contribution in [3.63, 3.8) is 0 Å². The first-order chi connectivity index (χ1) is 12.5. The van der Waals surface area contributed by atoms with E-state index in [1.807, 2.05) is 29.6 Å². The zero-order valence-electron chi connectivity index (χ0n) is 13.7. The van der Waals surface area contributed by atoms with Crippen LogP contribution in [0.3, 0.4) is 0 Å². The fourth-order valence-corrected chi connectivity index (χ4v) is 6.40. The number of thiazole rings is 1. The van der Waals surface area contributed by atoms with Gasteiger partial charge in [0, 0.05) is 42.1 Å². The Balaban J connectivity index is 1.45. The van der Waals surface area contributed by atoms with E-state index < -0.39 is 10.0 Å². The van der Waals surface area contributed by atoms with E-state index in [2.05, 4.69) is 4.90 Å². The fraction of sp³-hybridized carbons (Fsp3) is 0.235. The third kappa shape index (κ3) is 3.52. The van der Waals surface area contributed by atoms with Crippen LogP contribution in [-0.4, -0.2) is 43.9 Å². The number of hydrogen-bond donors (Lipinski definition) is 0. The lowest BCUT2D eigenvalue weighted by atomic mass is 10.2. The van der Waals surface area contributed by atoms with Crippen LogP contribution in [0, 0.1) is 0 Å². The topological polar surface area (TPSA) is 53.5 Å². The number of aromatic nitrogens is 1. The molecule has 3 aromatic rings. The highest BCUT2D eigenvalue weighted by molar-refractivity contribution is 7.91. The lowest BCUT2D eigenvalue weighted by Crippen LogP contribution is -2.48. The Kier molecular flexibility index (Phi) is 5.02. The lowest BCUT2D eigenvalue weighted by Gasteiger charge is -2.33. The number of thiophene rings is 1. The fourth-order valence-electron chi connectivity index (χ4n) is 2.82. The van der Waals surface area contributed by atoms with Gasteiger partial charge in [-0.15, -0.1) is 22.7 Å². The van der Waals surface area contributed by atoms with Gasteiger partial charge >= 0.3 is 0 Å². The molecule has 9 heteroatoms. The number of piperazine rings is 1. The molecule has 26 heavy (non-hydrogen) atoms. The Morgan fingerprint density at radius 3 is 2.38 bits per heavy atom. The van der Waals surface area contributed by atoms with E-state index in [-0.39, 0.29) is 0 Å². The van der Waals surface area contributed by atoms with E-state index in [1.54, 1.807) is 33.2 Å². The molecule has 3 heterocycles. The number of anilines is 1. The molecule has 5 nitrogen and oxygen atoms in total. The molecule has 136 valence electrons. The Morgan fingerprint density at radius 2 is 1.73 bits per heavy atom. The van der Waals surface area contributed by atoms with Gasteiger partial charge in [0.1, 0.15) is 4.21 Å². The minimum absolute atomic E-state index is 0.408. The van der Waals surface area contributed by atoms with Gasteiger partial charge in [0.05, 0.1) is 5.69 Å². The minimum atomic E-state index is -3.37. The van der Waals surface area contributed by atoms with E-state index in [0.29, 0.717) is 35.4 Å². The molecular weight excluding hydrogens is 410 g/mol. The predicted octanol–water partition coefficient (Wildman–Crippen LogP) is 4.04. The molecule has 0 unspecified atom stereocenters. The summed E-state index contributed by atoms with van der Waals surface area (Å²) in [5.74, 6) is 0. The zero-order chi connectivity index (χ0) is 18.1. The standard InChI is InChI=1S/C17H16ClN3O2S3/c18-14-5-3-13(4-6-14)15-12-25-17(19-15)20-7-9-21(10-8-20)26(22,23)16-2-1-11-24-16/h1-6,11-12H,7-10H2. The van der Waals surface area contributed by atoms with Crippen LogP contribution in [0.15, 0.2) is 51.4 Å². The summed E-state index contributed by atoms with van der Waals surface area (Å²) < 4.78 is 27.2. The quantitative estimate of drug-likeness (QED) is 0.633. The SMILES string of the molecule is O=S(=O)(c1cccs1)N1CCN(c2nc(-c3ccc(Cl)cc3)cs2)CC1. The third-order valence-corrected chi connectivity index (χ3v) is 8.66. The Morgan fingerprint density at radius 1 is 1.00 bits per heavy atom. The van der Waals surface area contributed by atoms with Crippen molar-refractivity contribution in [2.75, 3.05) is 31.1 Å². The molecule has 0 N–H and O–H groups in total. The molecule has 0 aliphatic carbocycles. The monoisotopic (exact) mass is 425 g/mol. The predicted molar refractivity (Wildman–Crippen MR) is 108 cm³/mol. The molecule has 1 aliphatic heterocycles. The van der Waals surface area contributed by atoms with Crippen LogP contribution >= 0.6 is 34.3 Å². The van der Waals surface area contributed by atoms with Crippen molar-refractivity contribution >= 4 is 49.4 Å². The minimum Gasteiger partial charge on any atom is -0.345 e. The summed E-state index contributed by atoms with van der Waals surface area (Å²) in [5.41, 5.74) is 1.94. The van der Waals surface area contributed by atoms with Crippen LogP contribution in [0.2, 0.25) is 5.02 Å². The van der Waals surface area contributed by atoms with Crippen molar-refractivity contribution < 1.29 is 8.42 Å². The van der Waals surface area contributed by atoms with Crippen LogP contribution < -0.4 is 4.90 Å². The summed E-state index contributed by atoms with van der Waals surface area (Å²) in [4.78, 5) is 6.85. The average molecular weight is 426 g/mol. The first-order valence-electron chi connectivity index (χ1n) is 8.04. The summed E-state index contributed by atoms with van der Waals surface area (Å²) >= 11 is 8.77. The molecule has 2 aromatic heterocycles. The van der Waals surface area contributed by atoms with E-state index in [1.165, 1.54) is 11.3 Å². The van der Waals surface area contributed by atoms with Gasteiger partial charge < -0.3 is 4.90 Å². The molecule has 1 fully saturated rings. The summed E-state index contributed by atoms with van der Waals surface area (Å²) in [6.07, 6.45) is 0. The van der Waals surface area contributed by atoms with Crippen molar-refractivity contribution in [3.05, 3.63) is 52.2 Å². The maximum absolute atomic E-state index is 12.6. The Bertz CT molecular complexity index is 977. The van der Waals surface area contributed by atoms with E-state index in [9.17, 15) is 8.42 Å². The summed E-state index contributed by atoms with van der Waals surface area (Å²) in [6.45, 7) is 2.21. The number of benzene rings is 1. The molecule has 1 aromatic carbocycles. The van der Waals surface area contributed by atoms with E-state index in [4.69, 9.17) is 16.6 Å². The second kappa shape index (κ2) is 7.28. The average Bonchev–Trinajstić information content (AvgIpc) is 3.35. The highest BCUT2D eigenvalue weighted by Gasteiger charge is 2.30. The van der Waals surface area contributed by atoms with E-state index in [0.717, 1.165) is 16.4 Å². The van der Waals surface area contributed by atoms with E-state index >= 15 is 0 Å². The number of sulfonamides is 1. The van der Waals surface area contributed by atoms with Gasteiger partial charge in [-0.3, -0.25) is 0 Å². The van der Waals surface area contributed by atoms with Crippen molar-refractivity contribution in [1.82, 2.24) is 9.29 Å². The molecule has 1 saturated heterocycles. The van der Waals surface area contributed by atoms with Crippen molar-refractivity contribution in [1.29, 1.82) is 0 Å². The largest absolute Gasteiger partial charge is 0.345 e. The number of hydrogen-bond acceptors (Lipinski definition) is 6. The number of halogens is 1. The molecule has 0 bridgehead atoms. The Labute approximate surface area is 165 Å². The van der Waals surface area contributed by atoms with Gasteiger partial charge in [-0.2, -0.15) is 4.31 Å². The van der Waals surface area contributed by atoms with Crippen LogP contribution in [0.1, 0.15) is 0 Å². The highest BCUT2D eigenvalue weighted by Crippen LogP contribution is 2.30. The van der Waals surface area contributed by atoms with Crippen LogP contribution in [0.25, 0.3) is 11.3 Å². The van der Waals surface area contributed by atoms with Crippen LogP contribution in [0.5, 0.6) is 0 Å². The molecule has 1 aliphatic rings. The Hall–Kier alpha value is -1.45. The summed E-state index contributed by atoms with van der Waals surface area (Å²) in [6, 6.07) is 11.0. The van der Waals surface area contributed by atoms with Crippen LogP contribution in [-0.2, 0) is 10.0 Å². The molecule has 0 atom stereocenters. The number of nitrogens with zero attached hydrogens (tertiary/aromatic N) is 3. The molecule has 0 spiro atoms. The zero-order valence-corrected chi connectivity index (χ0v) is 16.9. The smallest absolute Gasteiger partial charge is 0.252 e. The van der Waals surface area contributed by atoms with Crippen molar-refractivity contribution in [2.45, 2.75) is 4.21 Å². The van der Waals surface area contributed by atoms with Crippen LogP contribution in [0.4, 0.5) is 5.13 Å². The van der Waals surface area contributed by atoms with Crippen molar-refractivity contribution in [2.24, 2.45) is 0 Å². The van der Waals surface area contributed by atoms with Gasteiger partial charge in [0.25, 0.3) is 10.0 Å². The van der Waals surface area contributed by atoms with Crippen molar-refractivity contribution in [3.8, 4) is 11.3 Å². The lowest BCUT2D eigenvalue weighted by molar-refractivity contribution is 0.386. The number of rotatable bonds is 4. The maximum Gasteiger partial charge on any atom is 0.252 e. The first-order valence-corrected chi connectivity index (χ1v) is 11.6. The van der Waals surface area contributed by atoms with Gasteiger partial charge in [0.15, 0.2) is 5.13 Å². The first kappa shape index (κ1) is 17.9. The molecule has 4 rings (SSSR count). The second-order valence-electron chi connectivity index (χ2n) is 5.85. The molecular formula is C17H16ClN3O2S3. The second-order valence-corrected chi connectivity index (χ2v) is 10.2. The van der Waals surface area contributed by atoms with Gasteiger partial charge in [0.2, 0.25) is 0 Å². The third-order valence-electron chi connectivity index (χ3n) is 4.23. The molecule has 0 radical (unpaired) electrons. The summed E-state index contributed by atoms with van der Waals surface area (Å²) in [5, 5.41) is 5.43. The molecule has 0 amide bonds.